The minimum Gasteiger partial charge on any atom is -0.487 e. The van der Waals surface area contributed by atoms with Crippen molar-refractivity contribution in [3.8, 4) is 5.75 Å². The highest BCUT2D eigenvalue weighted by molar-refractivity contribution is 7.12. The number of benzene rings is 1. The van der Waals surface area contributed by atoms with Crippen molar-refractivity contribution in [2.45, 2.75) is 20.1 Å². The number of hydrogen-bond donors (Lipinski definition) is 1. The Morgan fingerprint density at radius 1 is 1.35 bits per heavy atom. The molecule has 0 bridgehead atoms. The largest absolute Gasteiger partial charge is 0.487 e. The molecule has 5 nitrogen and oxygen atoms in total. The van der Waals surface area contributed by atoms with E-state index in [-0.39, 0.29) is 5.91 Å². The summed E-state index contributed by atoms with van der Waals surface area (Å²) in [6.45, 7) is 3.37. The lowest BCUT2D eigenvalue weighted by atomic mass is 10.2. The molecular formula is C18H17Cl2N3O2S. The van der Waals surface area contributed by atoms with Crippen molar-refractivity contribution in [1.29, 1.82) is 0 Å². The third-order valence-electron chi connectivity index (χ3n) is 3.59. The zero-order valence-electron chi connectivity index (χ0n) is 14.0. The van der Waals surface area contributed by atoms with Crippen LogP contribution in [0.5, 0.6) is 5.75 Å². The Bertz CT molecular complexity index is 907. The summed E-state index contributed by atoms with van der Waals surface area (Å²) >= 11 is 13.3. The number of thiophene rings is 1. The van der Waals surface area contributed by atoms with Gasteiger partial charge in [0.25, 0.3) is 5.91 Å². The molecule has 3 rings (SSSR count). The molecule has 136 valence electrons. The minimum absolute atomic E-state index is 0.118. The van der Waals surface area contributed by atoms with E-state index in [4.69, 9.17) is 27.9 Å². The highest BCUT2D eigenvalue weighted by Gasteiger charge is 2.10. The van der Waals surface area contributed by atoms with Crippen LogP contribution in [0.1, 0.15) is 20.8 Å². The van der Waals surface area contributed by atoms with Gasteiger partial charge >= 0.3 is 0 Å². The van der Waals surface area contributed by atoms with Crippen molar-refractivity contribution < 1.29 is 9.53 Å². The summed E-state index contributed by atoms with van der Waals surface area (Å²) in [5.74, 6) is 0.523. The minimum atomic E-state index is -0.118. The van der Waals surface area contributed by atoms with Crippen LogP contribution in [0.3, 0.4) is 0 Å². The van der Waals surface area contributed by atoms with Gasteiger partial charge in [0.1, 0.15) is 12.4 Å². The van der Waals surface area contributed by atoms with Crippen LogP contribution >= 0.6 is 34.5 Å². The molecule has 0 saturated heterocycles. The molecule has 0 spiro atoms. The predicted octanol–water partition coefficient (Wildman–Crippen LogP) is 4.57. The first kappa shape index (κ1) is 18.8. The maximum absolute atomic E-state index is 12.2. The maximum Gasteiger partial charge on any atom is 0.261 e. The van der Waals surface area contributed by atoms with E-state index in [0.29, 0.717) is 40.4 Å². The van der Waals surface area contributed by atoms with Crippen molar-refractivity contribution in [3.05, 3.63) is 68.1 Å². The molecule has 26 heavy (non-hydrogen) atoms. The Labute approximate surface area is 165 Å². The molecule has 0 aliphatic carbocycles. The lowest BCUT2D eigenvalue weighted by molar-refractivity contribution is 0.0956. The van der Waals surface area contributed by atoms with E-state index >= 15 is 0 Å². The molecule has 8 heteroatoms. The number of ether oxygens (including phenoxy) is 1. The molecule has 0 atom stereocenters. The number of nitrogens with zero attached hydrogens (tertiary/aromatic N) is 2. The molecule has 2 aromatic heterocycles. The van der Waals surface area contributed by atoms with Gasteiger partial charge in [0.15, 0.2) is 0 Å². The first-order chi connectivity index (χ1) is 12.5. The molecule has 0 saturated carbocycles. The van der Waals surface area contributed by atoms with E-state index in [1.807, 2.05) is 36.6 Å². The van der Waals surface area contributed by atoms with Crippen molar-refractivity contribution in [1.82, 2.24) is 15.1 Å². The van der Waals surface area contributed by atoms with Crippen LogP contribution in [0.25, 0.3) is 0 Å². The second-order valence-electron chi connectivity index (χ2n) is 5.72. The highest BCUT2D eigenvalue weighted by Crippen LogP contribution is 2.26. The van der Waals surface area contributed by atoms with Gasteiger partial charge in [-0.1, -0.05) is 29.3 Å². The van der Waals surface area contributed by atoms with Crippen molar-refractivity contribution in [2.75, 3.05) is 6.54 Å². The first-order valence-corrected chi connectivity index (χ1v) is 9.57. The van der Waals surface area contributed by atoms with Gasteiger partial charge in [-0.25, -0.2) is 0 Å². The predicted molar refractivity (Wildman–Crippen MR) is 104 cm³/mol. The number of aromatic nitrogens is 2. The van der Waals surface area contributed by atoms with Crippen LogP contribution in [0.4, 0.5) is 0 Å². The molecule has 1 aromatic carbocycles. The third-order valence-corrected chi connectivity index (χ3v) is 5.07. The Hall–Kier alpha value is -2.02. The van der Waals surface area contributed by atoms with Crippen molar-refractivity contribution >= 4 is 40.4 Å². The Balaban J connectivity index is 1.50. The van der Waals surface area contributed by atoms with E-state index in [0.717, 1.165) is 11.1 Å². The molecule has 3 aromatic rings. The number of amides is 1. The monoisotopic (exact) mass is 409 g/mol. The van der Waals surface area contributed by atoms with Crippen LogP contribution < -0.4 is 10.1 Å². The van der Waals surface area contributed by atoms with Gasteiger partial charge in [0, 0.05) is 18.3 Å². The zero-order valence-corrected chi connectivity index (χ0v) is 16.4. The van der Waals surface area contributed by atoms with Gasteiger partial charge in [0.2, 0.25) is 0 Å². The lowest BCUT2D eigenvalue weighted by Crippen LogP contribution is -2.26. The van der Waals surface area contributed by atoms with Crippen LogP contribution in [0.2, 0.25) is 10.0 Å². The summed E-state index contributed by atoms with van der Waals surface area (Å²) in [6, 6.07) is 7.46. The van der Waals surface area contributed by atoms with Crippen LogP contribution in [-0.2, 0) is 13.2 Å². The molecule has 1 amide bonds. The molecule has 0 radical (unpaired) electrons. The van der Waals surface area contributed by atoms with E-state index in [9.17, 15) is 4.79 Å². The topological polar surface area (TPSA) is 56.1 Å². The molecule has 1 N–H and O–H groups in total. The van der Waals surface area contributed by atoms with Crippen LogP contribution in [0, 0.1) is 6.92 Å². The standard InChI is InChI=1S/C18H17Cl2N3O2S/c1-12-2-3-15(20)16(6-12)25-10-13-7-17(26-11-13)18(24)21-4-5-23-9-14(19)8-22-23/h2-3,6-9,11H,4-5,10H2,1H3,(H,21,24). The summed E-state index contributed by atoms with van der Waals surface area (Å²) in [5, 5.41) is 9.99. The third kappa shape index (κ3) is 5.00. The summed E-state index contributed by atoms with van der Waals surface area (Å²) in [6.07, 6.45) is 3.28. The Kier molecular flexibility index (Phi) is 6.19. The van der Waals surface area contributed by atoms with Gasteiger partial charge in [-0.3, -0.25) is 9.48 Å². The maximum atomic E-state index is 12.2. The molecular weight excluding hydrogens is 393 g/mol. The quantitative estimate of drug-likeness (QED) is 0.621. The summed E-state index contributed by atoms with van der Waals surface area (Å²) in [4.78, 5) is 12.8. The van der Waals surface area contributed by atoms with Crippen molar-refractivity contribution in [3.63, 3.8) is 0 Å². The Morgan fingerprint density at radius 2 is 2.19 bits per heavy atom. The number of rotatable bonds is 7. The molecule has 0 aliphatic heterocycles. The van der Waals surface area contributed by atoms with Gasteiger partial charge in [-0.05, 0) is 36.1 Å². The number of nitrogens with one attached hydrogen (secondary N) is 1. The number of carbonyl (C=O) groups excluding carboxylic acids is 1. The van der Waals surface area contributed by atoms with Gasteiger partial charge < -0.3 is 10.1 Å². The van der Waals surface area contributed by atoms with E-state index < -0.39 is 0 Å². The number of hydrogen-bond acceptors (Lipinski definition) is 4. The van der Waals surface area contributed by atoms with Gasteiger partial charge in [-0.15, -0.1) is 11.3 Å². The fourth-order valence-electron chi connectivity index (χ4n) is 2.28. The number of halogens is 2. The normalized spacial score (nSPS) is 10.7. The van der Waals surface area contributed by atoms with E-state index in [1.54, 1.807) is 17.1 Å². The van der Waals surface area contributed by atoms with Crippen LogP contribution in [-0.4, -0.2) is 22.2 Å². The second kappa shape index (κ2) is 8.58. The average Bonchev–Trinajstić information content (AvgIpc) is 3.25. The van der Waals surface area contributed by atoms with Crippen LogP contribution in [0.15, 0.2) is 42.0 Å². The zero-order chi connectivity index (χ0) is 18.5. The summed E-state index contributed by atoms with van der Waals surface area (Å²) < 4.78 is 7.44. The smallest absolute Gasteiger partial charge is 0.261 e. The average molecular weight is 410 g/mol. The summed E-state index contributed by atoms with van der Waals surface area (Å²) in [5.41, 5.74) is 2.00. The second-order valence-corrected chi connectivity index (χ2v) is 7.47. The van der Waals surface area contributed by atoms with E-state index in [2.05, 4.69) is 10.4 Å². The number of aryl methyl sites for hydroxylation is 1. The molecule has 0 fully saturated rings. The van der Waals surface area contributed by atoms with Gasteiger partial charge in [-0.2, -0.15) is 5.10 Å². The van der Waals surface area contributed by atoms with Crippen molar-refractivity contribution in [2.24, 2.45) is 0 Å². The fraction of sp³-hybridized carbons (Fsp3) is 0.222. The SMILES string of the molecule is Cc1ccc(Cl)c(OCc2csc(C(=O)NCCn3cc(Cl)cn3)c2)c1. The fourth-order valence-corrected chi connectivity index (χ4v) is 3.43. The van der Waals surface area contributed by atoms with Gasteiger partial charge in [0.05, 0.1) is 27.7 Å². The molecule has 0 unspecified atom stereocenters. The molecule has 2 heterocycles. The Morgan fingerprint density at radius 3 is 2.96 bits per heavy atom. The first-order valence-electron chi connectivity index (χ1n) is 7.94. The number of carbonyl (C=O) groups is 1. The summed E-state index contributed by atoms with van der Waals surface area (Å²) in [7, 11) is 0. The lowest BCUT2D eigenvalue weighted by Gasteiger charge is -2.07. The highest BCUT2D eigenvalue weighted by atomic mass is 35.5. The molecule has 0 aliphatic rings. The van der Waals surface area contributed by atoms with E-state index in [1.165, 1.54) is 11.3 Å².